The molecule has 0 bridgehead atoms. The summed E-state index contributed by atoms with van der Waals surface area (Å²) in [6, 6.07) is 0. The number of nitrogens with one attached hydrogen (secondary N) is 1. The molecule has 1 aliphatic heterocycles. The van der Waals surface area contributed by atoms with Crippen LogP contribution in [0.5, 0.6) is 0 Å². The fraction of sp³-hybridized carbons (Fsp3) is 0.667. The van der Waals surface area contributed by atoms with Crippen LogP contribution in [0.4, 0.5) is 0 Å². The maximum atomic E-state index is 11.2. The average Bonchev–Trinajstić information content (AvgIpc) is 2.16. The Labute approximate surface area is 78.5 Å². The van der Waals surface area contributed by atoms with E-state index in [2.05, 4.69) is 5.43 Å². The summed E-state index contributed by atoms with van der Waals surface area (Å²) in [4.78, 5) is 11.2. The van der Waals surface area contributed by atoms with Crippen LogP contribution in [0.15, 0.2) is 12.2 Å². The molecule has 1 saturated heterocycles. The van der Waals surface area contributed by atoms with Gasteiger partial charge in [0.2, 0.25) is 0 Å². The third-order valence-electron chi connectivity index (χ3n) is 1.78. The molecule has 74 valence electrons. The summed E-state index contributed by atoms with van der Waals surface area (Å²) >= 11 is 0. The van der Waals surface area contributed by atoms with Gasteiger partial charge in [-0.25, -0.2) is 5.01 Å². The lowest BCUT2D eigenvalue weighted by molar-refractivity contribution is -0.123. The number of rotatable bonds is 3. The van der Waals surface area contributed by atoms with Crippen molar-refractivity contribution < 1.29 is 9.53 Å². The summed E-state index contributed by atoms with van der Waals surface area (Å²) in [5.41, 5.74) is 2.78. The molecular weight excluding hydrogens is 168 g/mol. The third kappa shape index (κ3) is 4.05. The lowest BCUT2D eigenvalue weighted by Gasteiger charge is -2.26. The molecule has 0 aliphatic carbocycles. The molecule has 0 spiro atoms. The number of hydrogen-bond acceptors (Lipinski definition) is 3. The molecule has 1 fully saturated rings. The van der Waals surface area contributed by atoms with Crippen LogP contribution >= 0.6 is 0 Å². The lowest BCUT2D eigenvalue weighted by atomic mass is 10.4. The highest BCUT2D eigenvalue weighted by Gasteiger charge is 2.10. The fourth-order valence-corrected chi connectivity index (χ4v) is 1.09. The molecule has 0 aromatic carbocycles. The molecular formula is C9H16N2O2. The van der Waals surface area contributed by atoms with E-state index in [-0.39, 0.29) is 5.91 Å². The normalized spacial score (nSPS) is 19.2. The van der Waals surface area contributed by atoms with E-state index in [0.29, 0.717) is 13.2 Å². The molecule has 0 atom stereocenters. The van der Waals surface area contributed by atoms with Crippen LogP contribution in [0.3, 0.4) is 0 Å². The third-order valence-corrected chi connectivity index (χ3v) is 1.78. The van der Waals surface area contributed by atoms with E-state index >= 15 is 0 Å². The first kappa shape index (κ1) is 10.2. The minimum atomic E-state index is -0.0521. The molecule has 4 nitrogen and oxygen atoms in total. The second-order valence-electron chi connectivity index (χ2n) is 2.89. The van der Waals surface area contributed by atoms with E-state index < -0.39 is 0 Å². The van der Waals surface area contributed by atoms with Crippen LogP contribution in [-0.4, -0.2) is 37.2 Å². The minimum Gasteiger partial charge on any atom is -0.379 e. The lowest BCUT2D eigenvalue weighted by Crippen LogP contribution is -2.47. The number of hydrazine groups is 1. The Bertz CT molecular complexity index is 186. The standard InChI is InChI=1S/C9H16N2O2/c1-2-3-4-9(12)10-11-5-7-13-8-6-11/h3-4H,2,5-8H2,1H3,(H,10,12)/b4-3-. The van der Waals surface area contributed by atoms with Crippen LogP contribution in [0, 0.1) is 0 Å². The van der Waals surface area contributed by atoms with Crippen LogP contribution < -0.4 is 5.43 Å². The highest BCUT2D eigenvalue weighted by molar-refractivity contribution is 5.86. The molecule has 1 N–H and O–H groups in total. The number of ether oxygens (including phenoxy) is 1. The monoisotopic (exact) mass is 184 g/mol. The second kappa shape index (κ2) is 5.72. The SMILES string of the molecule is CC/C=C\C(=O)NN1CCOCC1. The Balaban J connectivity index is 2.22. The summed E-state index contributed by atoms with van der Waals surface area (Å²) in [5, 5.41) is 1.88. The van der Waals surface area contributed by atoms with E-state index in [1.54, 1.807) is 6.08 Å². The Morgan fingerprint density at radius 1 is 1.54 bits per heavy atom. The van der Waals surface area contributed by atoms with Crippen molar-refractivity contribution in [2.24, 2.45) is 0 Å². The zero-order valence-corrected chi connectivity index (χ0v) is 7.95. The van der Waals surface area contributed by atoms with Gasteiger partial charge in [0.25, 0.3) is 5.91 Å². The van der Waals surface area contributed by atoms with Crippen molar-refractivity contribution in [1.82, 2.24) is 10.4 Å². The van der Waals surface area contributed by atoms with Crippen LogP contribution in [-0.2, 0) is 9.53 Å². The van der Waals surface area contributed by atoms with Crippen LogP contribution in [0.2, 0.25) is 0 Å². The maximum Gasteiger partial charge on any atom is 0.257 e. The molecule has 1 rings (SSSR count). The van der Waals surface area contributed by atoms with E-state index in [0.717, 1.165) is 19.5 Å². The number of hydrogen-bond donors (Lipinski definition) is 1. The van der Waals surface area contributed by atoms with Gasteiger partial charge in [0.1, 0.15) is 0 Å². The number of amides is 1. The molecule has 0 radical (unpaired) electrons. The quantitative estimate of drug-likeness (QED) is 0.642. The predicted octanol–water partition coefficient (Wildman–Crippen LogP) is 0.316. The summed E-state index contributed by atoms with van der Waals surface area (Å²) in [7, 11) is 0. The van der Waals surface area contributed by atoms with E-state index in [1.165, 1.54) is 0 Å². The number of nitrogens with zero attached hydrogens (tertiary/aromatic N) is 1. The van der Waals surface area contributed by atoms with E-state index in [4.69, 9.17) is 4.74 Å². The van der Waals surface area contributed by atoms with Gasteiger partial charge in [-0.1, -0.05) is 13.0 Å². The van der Waals surface area contributed by atoms with Crippen molar-refractivity contribution >= 4 is 5.91 Å². The van der Waals surface area contributed by atoms with Crippen LogP contribution in [0.1, 0.15) is 13.3 Å². The van der Waals surface area contributed by atoms with Gasteiger partial charge in [0.15, 0.2) is 0 Å². The van der Waals surface area contributed by atoms with Gasteiger partial charge in [0, 0.05) is 19.2 Å². The highest BCUT2D eigenvalue weighted by Crippen LogP contribution is 1.92. The first-order valence-electron chi connectivity index (χ1n) is 4.62. The molecule has 1 aliphatic rings. The topological polar surface area (TPSA) is 41.6 Å². The molecule has 0 aromatic heterocycles. The van der Waals surface area contributed by atoms with Gasteiger partial charge in [-0.05, 0) is 6.42 Å². The van der Waals surface area contributed by atoms with Crippen molar-refractivity contribution in [3.63, 3.8) is 0 Å². The summed E-state index contributed by atoms with van der Waals surface area (Å²) in [6.07, 6.45) is 4.29. The first-order chi connectivity index (χ1) is 6.33. The van der Waals surface area contributed by atoms with Crippen molar-refractivity contribution in [2.75, 3.05) is 26.3 Å². The molecule has 13 heavy (non-hydrogen) atoms. The molecule has 0 saturated carbocycles. The van der Waals surface area contributed by atoms with Gasteiger partial charge < -0.3 is 4.74 Å². The highest BCUT2D eigenvalue weighted by atomic mass is 16.5. The summed E-state index contributed by atoms with van der Waals surface area (Å²) in [5.74, 6) is -0.0521. The smallest absolute Gasteiger partial charge is 0.257 e. The molecule has 0 aromatic rings. The minimum absolute atomic E-state index is 0.0521. The zero-order valence-electron chi connectivity index (χ0n) is 7.95. The van der Waals surface area contributed by atoms with Gasteiger partial charge in [0.05, 0.1) is 13.2 Å². The molecule has 1 heterocycles. The van der Waals surface area contributed by atoms with Gasteiger partial charge in [-0.15, -0.1) is 0 Å². The first-order valence-corrected chi connectivity index (χ1v) is 4.62. The van der Waals surface area contributed by atoms with Crippen molar-refractivity contribution in [1.29, 1.82) is 0 Å². The van der Waals surface area contributed by atoms with Gasteiger partial charge in [-0.2, -0.15) is 0 Å². The average molecular weight is 184 g/mol. The predicted molar refractivity (Wildman–Crippen MR) is 50.0 cm³/mol. The largest absolute Gasteiger partial charge is 0.379 e. The number of allylic oxidation sites excluding steroid dienone is 1. The van der Waals surface area contributed by atoms with Crippen molar-refractivity contribution in [2.45, 2.75) is 13.3 Å². The Morgan fingerprint density at radius 3 is 2.85 bits per heavy atom. The molecule has 1 amide bonds. The number of morpholine rings is 1. The van der Waals surface area contributed by atoms with Gasteiger partial charge in [-0.3, -0.25) is 10.2 Å². The molecule has 4 heteroatoms. The Morgan fingerprint density at radius 2 is 2.23 bits per heavy atom. The zero-order chi connectivity index (χ0) is 9.52. The molecule has 0 unspecified atom stereocenters. The van der Waals surface area contributed by atoms with Crippen molar-refractivity contribution in [3.05, 3.63) is 12.2 Å². The van der Waals surface area contributed by atoms with Crippen molar-refractivity contribution in [3.8, 4) is 0 Å². The van der Waals surface area contributed by atoms with Gasteiger partial charge >= 0.3 is 0 Å². The maximum absolute atomic E-state index is 11.2. The Kier molecular flexibility index (Phi) is 4.49. The second-order valence-corrected chi connectivity index (χ2v) is 2.89. The Hall–Kier alpha value is -0.870. The van der Waals surface area contributed by atoms with E-state index in [9.17, 15) is 4.79 Å². The fourth-order valence-electron chi connectivity index (χ4n) is 1.09. The summed E-state index contributed by atoms with van der Waals surface area (Å²) < 4.78 is 5.15. The number of carbonyl (C=O) groups is 1. The van der Waals surface area contributed by atoms with E-state index in [1.807, 2.05) is 18.0 Å². The van der Waals surface area contributed by atoms with Crippen LogP contribution in [0.25, 0.3) is 0 Å². The summed E-state index contributed by atoms with van der Waals surface area (Å²) in [6.45, 7) is 4.92. The number of carbonyl (C=O) groups excluding carboxylic acids is 1.